The number of likely N-dealkylation sites (N-methyl/N-ethyl adjacent to an activating group) is 1. The van der Waals surface area contributed by atoms with Crippen LogP contribution in [0.15, 0.2) is 0 Å². The summed E-state index contributed by atoms with van der Waals surface area (Å²) >= 11 is 0. The van der Waals surface area contributed by atoms with Gasteiger partial charge in [0.05, 0.1) is 0 Å². The van der Waals surface area contributed by atoms with E-state index in [1.54, 1.807) is 6.92 Å². The number of hydrogen-bond acceptors (Lipinski definition) is 3. The first-order chi connectivity index (χ1) is 7.90. The number of carboxylic acid groups (broad SMARTS) is 1. The first kappa shape index (κ1) is 12.8. The molecule has 0 radical (unpaired) electrons. The third kappa shape index (κ3) is 3.42. The van der Waals surface area contributed by atoms with E-state index in [2.05, 4.69) is 17.1 Å². The van der Waals surface area contributed by atoms with E-state index in [0.29, 0.717) is 12.6 Å². The van der Waals surface area contributed by atoms with Crippen molar-refractivity contribution in [2.24, 2.45) is 11.8 Å². The predicted molar refractivity (Wildman–Crippen MR) is 67.0 cm³/mol. The van der Waals surface area contributed by atoms with E-state index in [0.717, 1.165) is 31.2 Å². The Hall–Kier alpha value is -0.610. The number of carboxylic acids is 1. The summed E-state index contributed by atoms with van der Waals surface area (Å²) in [7, 11) is 2.03. The monoisotopic (exact) mass is 240 g/mol. The van der Waals surface area contributed by atoms with Gasteiger partial charge in [0.25, 0.3) is 0 Å². The molecular weight excluding hydrogens is 216 g/mol. The van der Waals surface area contributed by atoms with Gasteiger partial charge in [0.1, 0.15) is 5.54 Å². The van der Waals surface area contributed by atoms with Crippen LogP contribution in [0.25, 0.3) is 0 Å². The molecule has 98 valence electrons. The van der Waals surface area contributed by atoms with Gasteiger partial charge < -0.3 is 10.0 Å². The number of nitrogens with one attached hydrogen (secondary N) is 1. The van der Waals surface area contributed by atoms with Crippen LogP contribution in [-0.2, 0) is 4.79 Å². The predicted octanol–water partition coefficient (Wildman–Crippen LogP) is 1.17. The molecule has 0 aromatic rings. The van der Waals surface area contributed by atoms with Gasteiger partial charge in [-0.25, -0.2) is 0 Å². The molecule has 0 spiro atoms. The molecule has 2 rings (SSSR count). The van der Waals surface area contributed by atoms with Crippen molar-refractivity contribution in [2.45, 2.75) is 44.7 Å². The maximum absolute atomic E-state index is 11.4. The van der Waals surface area contributed by atoms with Gasteiger partial charge in [0.2, 0.25) is 0 Å². The van der Waals surface area contributed by atoms with Crippen molar-refractivity contribution in [1.82, 2.24) is 10.2 Å². The van der Waals surface area contributed by atoms with Crippen LogP contribution in [0.1, 0.15) is 33.1 Å². The Labute approximate surface area is 103 Å². The van der Waals surface area contributed by atoms with Crippen molar-refractivity contribution in [3.8, 4) is 0 Å². The molecule has 2 saturated carbocycles. The van der Waals surface area contributed by atoms with E-state index < -0.39 is 11.5 Å². The second-order valence-electron chi connectivity index (χ2n) is 6.23. The standard InChI is InChI=1S/C13H24N2O2/c1-9-6-10(9)7-15(3)8-13(2,12(16)17)14-11-4-5-11/h9-11,14H,4-8H2,1-3H3,(H,16,17). The first-order valence-electron chi connectivity index (χ1n) is 6.60. The lowest BCUT2D eigenvalue weighted by Gasteiger charge is -2.31. The highest BCUT2D eigenvalue weighted by molar-refractivity contribution is 5.78. The van der Waals surface area contributed by atoms with Crippen molar-refractivity contribution < 1.29 is 9.90 Å². The smallest absolute Gasteiger partial charge is 0.324 e. The Balaban J connectivity index is 1.84. The lowest BCUT2D eigenvalue weighted by atomic mass is 10.0. The van der Waals surface area contributed by atoms with Crippen LogP contribution in [0.3, 0.4) is 0 Å². The quantitative estimate of drug-likeness (QED) is 0.701. The second-order valence-corrected chi connectivity index (χ2v) is 6.23. The molecule has 4 nitrogen and oxygen atoms in total. The van der Waals surface area contributed by atoms with Gasteiger partial charge in [-0.15, -0.1) is 0 Å². The average Bonchev–Trinajstić information content (AvgIpc) is 3.08. The van der Waals surface area contributed by atoms with Gasteiger partial charge in [-0.2, -0.15) is 0 Å². The van der Waals surface area contributed by atoms with Crippen molar-refractivity contribution in [3.63, 3.8) is 0 Å². The van der Waals surface area contributed by atoms with Crippen molar-refractivity contribution in [2.75, 3.05) is 20.1 Å². The van der Waals surface area contributed by atoms with E-state index in [4.69, 9.17) is 0 Å². The fourth-order valence-electron chi connectivity index (χ4n) is 2.51. The molecule has 2 N–H and O–H groups in total. The zero-order chi connectivity index (χ0) is 12.6. The van der Waals surface area contributed by atoms with Crippen LogP contribution in [0.5, 0.6) is 0 Å². The number of carbonyl (C=O) groups is 1. The van der Waals surface area contributed by atoms with Crippen molar-refractivity contribution in [1.29, 1.82) is 0 Å². The minimum atomic E-state index is -0.798. The highest BCUT2D eigenvalue weighted by atomic mass is 16.4. The molecular formula is C13H24N2O2. The number of aliphatic carboxylic acids is 1. The molecule has 0 aromatic carbocycles. The first-order valence-corrected chi connectivity index (χ1v) is 6.60. The third-order valence-corrected chi connectivity index (χ3v) is 3.98. The van der Waals surface area contributed by atoms with Gasteiger partial charge in [-0.05, 0) is 45.1 Å². The van der Waals surface area contributed by atoms with Crippen LogP contribution >= 0.6 is 0 Å². The topological polar surface area (TPSA) is 52.6 Å². The third-order valence-electron chi connectivity index (χ3n) is 3.98. The Bertz CT molecular complexity index is 304. The lowest BCUT2D eigenvalue weighted by molar-refractivity contribution is -0.145. The molecule has 2 fully saturated rings. The minimum absolute atomic E-state index is 0.421. The molecule has 0 amide bonds. The van der Waals surface area contributed by atoms with E-state index >= 15 is 0 Å². The maximum atomic E-state index is 11.4. The fraction of sp³-hybridized carbons (Fsp3) is 0.923. The van der Waals surface area contributed by atoms with Gasteiger partial charge in [-0.1, -0.05) is 6.92 Å². The molecule has 0 saturated heterocycles. The maximum Gasteiger partial charge on any atom is 0.324 e. The molecule has 0 bridgehead atoms. The van der Waals surface area contributed by atoms with E-state index in [1.807, 2.05) is 7.05 Å². The van der Waals surface area contributed by atoms with Crippen molar-refractivity contribution in [3.05, 3.63) is 0 Å². The van der Waals surface area contributed by atoms with E-state index in [-0.39, 0.29) is 0 Å². The van der Waals surface area contributed by atoms with Crippen LogP contribution in [0, 0.1) is 11.8 Å². The zero-order valence-electron chi connectivity index (χ0n) is 11.1. The molecule has 2 aliphatic rings. The van der Waals surface area contributed by atoms with E-state index in [1.165, 1.54) is 6.42 Å². The summed E-state index contributed by atoms with van der Waals surface area (Å²) in [4.78, 5) is 13.6. The molecule has 3 atom stereocenters. The highest BCUT2D eigenvalue weighted by Gasteiger charge is 2.40. The average molecular weight is 240 g/mol. The molecule has 0 aromatic heterocycles. The van der Waals surface area contributed by atoms with E-state index in [9.17, 15) is 9.90 Å². The molecule has 3 unspecified atom stereocenters. The van der Waals surface area contributed by atoms with Gasteiger partial charge in [0, 0.05) is 19.1 Å². The summed E-state index contributed by atoms with van der Waals surface area (Å²) in [5, 5.41) is 12.6. The minimum Gasteiger partial charge on any atom is -0.480 e. The molecule has 17 heavy (non-hydrogen) atoms. The second kappa shape index (κ2) is 4.58. The summed E-state index contributed by atoms with van der Waals surface area (Å²) in [5.74, 6) is 0.865. The van der Waals surface area contributed by atoms with Gasteiger partial charge in [-0.3, -0.25) is 10.1 Å². The number of hydrogen-bond donors (Lipinski definition) is 2. The summed E-state index contributed by atoms with van der Waals surface area (Å²) in [6.07, 6.45) is 3.53. The lowest BCUT2D eigenvalue weighted by Crippen LogP contribution is -2.57. The van der Waals surface area contributed by atoms with Gasteiger partial charge in [0.15, 0.2) is 0 Å². The molecule has 4 heteroatoms. The van der Waals surface area contributed by atoms with Crippen LogP contribution < -0.4 is 5.32 Å². The highest BCUT2D eigenvalue weighted by Crippen LogP contribution is 2.38. The number of nitrogens with zero attached hydrogens (tertiary/aromatic N) is 1. The SMILES string of the molecule is CC1CC1CN(C)CC(C)(NC1CC1)C(=O)O. The van der Waals surface area contributed by atoms with Crippen LogP contribution in [0.4, 0.5) is 0 Å². The summed E-state index contributed by atoms with van der Waals surface area (Å²) in [5.41, 5.74) is -0.798. The zero-order valence-corrected chi connectivity index (χ0v) is 11.1. The Kier molecular flexibility index (Phi) is 3.46. The van der Waals surface area contributed by atoms with Crippen molar-refractivity contribution >= 4 is 5.97 Å². The summed E-state index contributed by atoms with van der Waals surface area (Å²) in [6, 6.07) is 0.421. The van der Waals surface area contributed by atoms with Gasteiger partial charge >= 0.3 is 5.97 Å². The fourth-order valence-corrected chi connectivity index (χ4v) is 2.51. The molecule has 2 aliphatic carbocycles. The summed E-state index contributed by atoms with van der Waals surface area (Å²) < 4.78 is 0. The Morgan fingerprint density at radius 1 is 1.53 bits per heavy atom. The Morgan fingerprint density at radius 2 is 2.12 bits per heavy atom. The Morgan fingerprint density at radius 3 is 2.53 bits per heavy atom. The normalized spacial score (nSPS) is 31.3. The summed E-state index contributed by atoms with van der Waals surface area (Å²) in [6.45, 7) is 5.68. The van der Waals surface area contributed by atoms with Crippen LogP contribution in [-0.4, -0.2) is 47.7 Å². The number of rotatable bonds is 7. The van der Waals surface area contributed by atoms with Crippen LogP contribution in [0.2, 0.25) is 0 Å². The largest absolute Gasteiger partial charge is 0.480 e. The molecule has 0 heterocycles. The molecule has 0 aliphatic heterocycles.